The van der Waals surface area contributed by atoms with Gasteiger partial charge < -0.3 is 15.4 Å². The lowest BCUT2D eigenvalue weighted by Gasteiger charge is -2.15. The van der Waals surface area contributed by atoms with E-state index in [-0.39, 0.29) is 29.1 Å². The first-order chi connectivity index (χ1) is 8.59. The summed E-state index contributed by atoms with van der Waals surface area (Å²) in [5.74, 6) is -0.259. The van der Waals surface area contributed by atoms with Crippen molar-refractivity contribution in [1.82, 2.24) is 10.3 Å². The molecule has 0 spiro atoms. The zero-order chi connectivity index (χ0) is 13.1. The van der Waals surface area contributed by atoms with Crippen molar-refractivity contribution in [2.24, 2.45) is 5.92 Å². The minimum Gasteiger partial charge on any atom is -0.393 e. The van der Waals surface area contributed by atoms with E-state index in [2.05, 4.69) is 10.3 Å². The van der Waals surface area contributed by atoms with Gasteiger partial charge in [-0.15, -0.1) is 0 Å². The predicted molar refractivity (Wildman–Crippen MR) is 67.5 cm³/mol. The van der Waals surface area contributed by atoms with Gasteiger partial charge in [-0.3, -0.25) is 9.59 Å². The summed E-state index contributed by atoms with van der Waals surface area (Å²) < 4.78 is 0. The number of carbonyl (C=O) groups is 1. The molecule has 2 unspecified atom stereocenters. The van der Waals surface area contributed by atoms with Gasteiger partial charge in [0.15, 0.2) is 0 Å². The molecule has 1 fully saturated rings. The SMILES string of the molecule is Cc1cc[nH]c(=O)c1C(=O)NCC1CCCC1O. The van der Waals surface area contributed by atoms with E-state index in [1.807, 2.05) is 0 Å². The van der Waals surface area contributed by atoms with Gasteiger partial charge in [-0.05, 0) is 31.4 Å². The molecule has 0 radical (unpaired) electrons. The van der Waals surface area contributed by atoms with Crippen LogP contribution in [-0.4, -0.2) is 28.6 Å². The Balaban J connectivity index is 2.02. The van der Waals surface area contributed by atoms with Crippen LogP contribution in [0.5, 0.6) is 0 Å². The quantitative estimate of drug-likeness (QED) is 0.733. The van der Waals surface area contributed by atoms with E-state index in [0.717, 1.165) is 19.3 Å². The molecule has 18 heavy (non-hydrogen) atoms. The molecule has 0 bridgehead atoms. The highest BCUT2D eigenvalue weighted by Gasteiger charge is 2.26. The van der Waals surface area contributed by atoms with Gasteiger partial charge in [-0.25, -0.2) is 0 Å². The normalized spacial score (nSPS) is 23.0. The first kappa shape index (κ1) is 12.8. The van der Waals surface area contributed by atoms with Crippen molar-refractivity contribution >= 4 is 5.91 Å². The molecule has 1 amide bonds. The molecule has 2 atom stereocenters. The Morgan fingerprint density at radius 1 is 1.56 bits per heavy atom. The summed E-state index contributed by atoms with van der Waals surface area (Å²) >= 11 is 0. The van der Waals surface area contributed by atoms with Crippen molar-refractivity contribution in [3.05, 3.63) is 33.7 Å². The van der Waals surface area contributed by atoms with Crippen LogP contribution in [0, 0.1) is 12.8 Å². The van der Waals surface area contributed by atoms with E-state index in [0.29, 0.717) is 12.1 Å². The summed E-state index contributed by atoms with van der Waals surface area (Å²) in [6, 6.07) is 1.70. The van der Waals surface area contributed by atoms with Gasteiger partial charge >= 0.3 is 0 Å². The molecular formula is C13H18N2O3. The molecule has 1 aromatic heterocycles. The standard InChI is InChI=1S/C13H18N2O3/c1-8-5-6-14-12(17)11(8)13(18)15-7-9-3-2-4-10(9)16/h5-6,9-10,16H,2-4,7H2,1H3,(H,14,17)(H,15,18). The smallest absolute Gasteiger partial charge is 0.261 e. The topological polar surface area (TPSA) is 82.2 Å². The third kappa shape index (κ3) is 2.61. The van der Waals surface area contributed by atoms with E-state index in [1.54, 1.807) is 13.0 Å². The number of hydrogen-bond acceptors (Lipinski definition) is 3. The second kappa shape index (κ2) is 5.35. The molecule has 3 N–H and O–H groups in total. The lowest BCUT2D eigenvalue weighted by molar-refractivity contribution is 0.0915. The summed E-state index contributed by atoms with van der Waals surface area (Å²) in [5, 5.41) is 12.4. The Hall–Kier alpha value is -1.62. The van der Waals surface area contributed by atoms with E-state index in [9.17, 15) is 14.7 Å². The molecule has 1 heterocycles. The average Bonchev–Trinajstić information content (AvgIpc) is 2.72. The van der Waals surface area contributed by atoms with Gasteiger partial charge in [0, 0.05) is 18.7 Å². The van der Waals surface area contributed by atoms with Crippen molar-refractivity contribution in [3.63, 3.8) is 0 Å². The largest absolute Gasteiger partial charge is 0.393 e. The van der Waals surface area contributed by atoms with E-state index >= 15 is 0 Å². The second-order valence-electron chi connectivity index (χ2n) is 4.83. The average molecular weight is 250 g/mol. The number of rotatable bonds is 3. The van der Waals surface area contributed by atoms with Crippen molar-refractivity contribution < 1.29 is 9.90 Å². The molecule has 0 aromatic carbocycles. The fraction of sp³-hybridized carbons (Fsp3) is 0.538. The van der Waals surface area contributed by atoms with Crippen LogP contribution in [0.3, 0.4) is 0 Å². The number of aromatic nitrogens is 1. The molecule has 98 valence electrons. The Morgan fingerprint density at radius 2 is 2.33 bits per heavy atom. The fourth-order valence-corrected chi connectivity index (χ4v) is 2.43. The van der Waals surface area contributed by atoms with Crippen molar-refractivity contribution in [1.29, 1.82) is 0 Å². The van der Waals surface area contributed by atoms with Crippen molar-refractivity contribution in [2.75, 3.05) is 6.54 Å². The molecule has 1 aliphatic rings. The van der Waals surface area contributed by atoms with Gasteiger partial charge in [0.1, 0.15) is 5.56 Å². The minimum atomic E-state index is -0.375. The summed E-state index contributed by atoms with van der Waals surface area (Å²) in [7, 11) is 0. The maximum Gasteiger partial charge on any atom is 0.261 e. The number of amides is 1. The molecule has 2 rings (SSSR count). The van der Waals surface area contributed by atoms with Gasteiger partial charge in [0.2, 0.25) is 0 Å². The van der Waals surface area contributed by atoms with Gasteiger partial charge in [0.05, 0.1) is 6.10 Å². The third-order valence-corrected chi connectivity index (χ3v) is 3.54. The number of aliphatic hydroxyl groups excluding tert-OH is 1. The molecule has 1 saturated carbocycles. The van der Waals surface area contributed by atoms with Crippen LogP contribution in [-0.2, 0) is 0 Å². The minimum absolute atomic E-state index is 0.108. The zero-order valence-corrected chi connectivity index (χ0v) is 10.4. The number of hydrogen-bond donors (Lipinski definition) is 3. The van der Waals surface area contributed by atoms with E-state index in [4.69, 9.17) is 0 Å². The summed E-state index contributed by atoms with van der Waals surface area (Å²) in [6.07, 6.45) is 3.90. The van der Waals surface area contributed by atoms with Crippen LogP contribution in [0.2, 0.25) is 0 Å². The van der Waals surface area contributed by atoms with Crippen LogP contribution >= 0.6 is 0 Å². The lowest BCUT2D eigenvalue weighted by Crippen LogP contribution is -2.35. The molecule has 0 aliphatic heterocycles. The Bertz CT molecular complexity index is 495. The maximum atomic E-state index is 11.9. The summed E-state index contributed by atoms with van der Waals surface area (Å²) in [4.78, 5) is 26.0. The molecular weight excluding hydrogens is 232 g/mol. The maximum absolute atomic E-state index is 11.9. The number of aryl methyl sites for hydroxylation is 1. The third-order valence-electron chi connectivity index (χ3n) is 3.54. The number of aromatic amines is 1. The van der Waals surface area contributed by atoms with Gasteiger partial charge in [-0.1, -0.05) is 6.42 Å². The zero-order valence-electron chi connectivity index (χ0n) is 10.4. The highest BCUT2D eigenvalue weighted by molar-refractivity contribution is 5.95. The number of aliphatic hydroxyl groups is 1. The van der Waals surface area contributed by atoms with E-state index in [1.165, 1.54) is 6.20 Å². The number of nitrogens with one attached hydrogen (secondary N) is 2. The fourth-order valence-electron chi connectivity index (χ4n) is 2.43. The Morgan fingerprint density at radius 3 is 2.94 bits per heavy atom. The van der Waals surface area contributed by atoms with Crippen LogP contribution < -0.4 is 10.9 Å². The van der Waals surface area contributed by atoms with Crippen LogP contribution in [0.4, 0.5) is 0 Å². The molecule has 0 saturated heterocycles. The second-order valence-corrected chi connectivity index (χ2v) is 4.83. The number of pyridine rings is 1. The van der Waals surface area contributed by atoms with Crippen molar-refractivity contribution in [3.8, 4) is 0 Å². The first-order valence-electron chi connectivity index (χ1n) is 6.24. The van der Waals surface area contributed by atoms with Crippen LogP contribution in [0.15, 0.2) is 17.1 Å². The number of H-pyrrole nitrogens is 1. The van der Waals surface area contributed by atoms with Gasteiger partial charge in [-0.2, -0.15) is 0 Å². The molecule has 1 aromatic rings. The highest BCUT2D eigenvalue weighted by atomic mass is 16.3. The van der Waals surface area contributed by atoms with Gasteiger partial charge in [0.25, 0.3) is 11.5 Å². The molecule has 5 heteroatoms. The molecule has 1 aliphatic carbocycles. The predicted octanol–water partition coefficient (Wildman–Crippen LogP) is 0.574. The summed E-state index contributed by atoms with van der Waals surface area (Å²) in [5.41, 5.74) is 0.438. The monoisotopic (exact) mass is 250 g/mol. The first-order valence-corrected chi connectivity index (χ1v) is 6.24. The van der Waals surface area contributed by atoms with Crippen molar-refractivity contribution in [2.45, 2.75) is 32.3 Å². The highest BCUT2D eigenvalue weighted by Crippen LogP contribution is 2.24. The number of carbonyl (C=O) groups excluding carboxylic acids is 1. The van der Waals surface area contributed by atoms with Crippen LogP contribution in [0.25, 0.3) is 0 Å². The Labute approximate surface area is 105 Å². The lowest BCUT2D eigenvalue weighted by atomic mass is 10.1. The molecule has 5 nitrogen and oxygen atoms in total. The van der Waals surface area contributed by atoms with E-state index < -0.39 is 0 Å². The Kier molecular flexibility index (Phi) is 3.81. The summed E-state index contributed by atoms with van der Waals surface area (Å²) in [6.45, 7) is 2.16. The van der Waals surface area contributed by atoms with Crippen LogP contribution in [0.1, 0.15) is 35.2 Å².